The van der Waals surface area contributed by atoms with Gasteiger partial charge in [-0.1, -0.05) is 23.7 Å². The van der Waals surface area contributed by atoms with E-state index in [9.17, 15) is 17.6 Å². The molecule has 7 nitrogen and oxygen atoms in total. The van der Waals surface area contributed by atoms with Crippen molar-refractivity contribution in [3.63, 3.8) is 0 Å². The molecular formula is C25H31Cl2FN4O3S. The van der Waals surface area contributed by atoms with Crippen LogP contribution in [0.2, 0.25) is 5.02 Å². The van der Waals surface area contributed by atoms with E-state index in [4.69, 9.17) is 11.6 Å². The molecule has 2 unspecified atom stereocenters. The van der Waals surface area contributed by atoms with Crippen molar-refractivity contribution in [2.75, 3.05) is 44.2 Å². The van der Waals surface area contributed by atoms with E-state index in [0.29, 0.717) is 22.8 Å². The molecule has 1 N–H and O–H groups in total. The maximum absolute atomic E-state index is 13.3. The monoisotopic (exact) mass is 556 g/mol. The molecule has 2 aliphatic rings. The molecule has 2 aromatic rings. The van der Waals surface area contributed by atoms with Crippen molar-refractivity contribution in [3.05, 3.63) is 70.0 Å². The highest BCUT2D eigenvalue weighted by Gasteiger charge is 2.41. The van der Waals surface area contributed by atoms with Crippen molar-refractivity contribution in [1.29, 1.82) is 0 Å². The van der Waals surface area contributed by atoms with E-state index in [2.05, 4.69) is 21.6 Å². The third-order valence-corrected chi connectivity index (χ3v) is 7.37. The number of benzene rings is 2. The van der Waals surface area contributed by atoms with Crippen molar-refractivity contribution in [2.45, 2.75) is 25.6 Å². The van der Waals surface area contributed by atoms with E-state index in [1.54, 1.807) is 30.3 Å². The third kappa shape index (κ3) is 6.98. The highest BCUT2D eigenvalue weighted by molar-refractivity contribution is 7.92. The Bertz CT molecular complexity index is 1220. The number of nitrogens with one attached hydrogen (secondary N) is 1. The number of amides is 1. The topological polar surface area (TPSA) is 73.0 Å². The maximum atomic E-state index is 13.3. The van der Waals surface area contributed by atoms with Gasteiger partial charge >= 0.3 is 0 Å². The Kier molecular flexibility index (Phi) is 9.06. The number of carbonyl (C=O) groups is 1. The molecule has 2 atom stereocenters. The zero-order valence-electron chi connectivity index (χ0n) is 20.4. The van der Waals surface area contributed by atoms with Crippen LogP contribution in [0.3, 0.4) is 0 Å². The Morgan fingerprint density at radius 3 is 2.33 bits per heavy atom. The lowest BCUT2D eigenvalue weighted by atomic mass is 9.99. The molecule has 0 aromatic heterocycles. The number of rotatable bonds is 6. The molecule has 0 radical (unpaired) electrons. The van der Waals surface area contributed by atoms with Gasteiger partial charge in [0.25, 0.3) is 0 Å². The minimum absolute atomic E-state index is 0. The molecule has 36 heavy (non-hydrogen) atoms. The zero-order chi connectivity index (χ0) is 25.3. The Morgan fingerprint density at radius 2 is 1.75 bits per heavy atom. The summed E-state index contributed by atoms with van der Waals surface area (Å²) < 4.78 is 39.3. The van der Waals surface area contributed by atoms with Crippen LogP contribution in [-0.2, 0) is 21.4 Å². The number of nitrogens with zero attached hydrogens (tertiary/aromatic N) is 3. The van der Waals surface area contributed by atoms with Gasteiger partial charge in [0.2, 0.25) is 15.9 Å². The van der Waals surface area contributed by atoms with Gasteiger partial charge in [0.15, 0.2) is 0 Å². The average Bonchev–Trinajstić information content (AvgIpc) is 2.74. The molecule has 2 fully saturated rings. The van der Waals surface area contributed by atoms with Crippen molar-refractivity contribution >= 4 is 51.7 Å². The first-order valence-electron chi connectivity index (χ1n) is 11.4. The lowest BCUT2D eigenvalue weighted by Crippen LogP contribution is -2.68. The predicted octanol–water partition coefficient (Wildman–Crippen LogP) is 3.62. The molecular weight excluding hydrogens is 526 g/mol. The van der Waals surface area contributed by atoms with Gasteiger partial charge in [-0.25, -0.2) is 12.8 Å². The number of hydrogen-bond acceptors (Lipinski definition) is 5. The molecule has 2 bridgehead atoms. The van der Waals surface area contributed by atoms with E-state index in [1.165, 1.54) is 18.2 Å². The van der Waals surface area contributed by atoms with Crippen molar-refractivity contribution in [1.82, 2.24) is 14.7 Å². The van der Waals surface area contributed by atoms with Gasteiger partial charge in [-0.3, -0.25) is 14.4 Å². The number of hydrogen-bond donors (Lipinski definition) is 1. The molecule has 2 heterocycles. The van der Waals surface area contributed by atoms with Gasteiger partial charge in [0, 0.05) is 43.8 Å². The normalized spacial score (nSPS) is 20.9. The summed E-state index contributed by atoms with van der Waals surface area (Å²) in [7, 11) is -1.45. The minimum Gasteiger partial charge on any atom is -0.328 e. The van der Waals surface area contributed by atoms with Gasteiger partial charge in [-0.2, -0.15) is 0 Å². The predicted molar refractivity (Wildman–Crippen MR) is 145 cm³/mol. The first-order chi connectivity index (χ1) is 16.5. The molecule has 0 aliphatic carbocycles. The number of piperazine rings is 2. The summed E-state index contributed by atoms with van der Waals surface area (Å²) in [5, 5.41) is 0.439. The fourth-order valence-electron chi connectivity index (χ4n) is 4.94. The molecule has 2 aromatic carbocycles. The lowest BCUT2D eigenvalue weighted by molar-refractivity contribution is -0.140. The highest BCUT2D eigenvalue weighted by atomic mass is 35.5. The van der Waals surface area contributed by atoms with E-state index in [-0.39, 0.29) is 36.2 Å². The molecule has 1 amide bonds. The van der Waals surface area contributed by atoms with E-state index >= 15 is 0 Å². The summed E-state index contributed by atoms with van der Waals surface area (Å²) in [6, 6.07) is 9.90. The summed E-state index contributed by atoms with van der Waals surface area (Å²) in [4.78, 5) is 19.9. The van der Waals surface area contributed by atoms with Gasteiger partial charge in [-0.05, 0) is 61.0 Å². The lowest BCUT2D eigenvalue weighted by Gasteiger charge is -2.52. The smallest absolute Gasteiger partial charge is 0.247 e. The third-order valence-electron chi connectivity index (χ3n) is 6.38. The largest absolute Gasteiger partial charge is 0.328 e. The van der Waals surface area contributed by atoms with E-state index in [1.807, 2.05) is 11.8 Å². The number of fused-ring (bicyclic) bond motifs is 2. The molecule has 0 spiro atoms. The van der Waals surface area contributed by atoms with Crippen LogP contribution in [0.5, 0.6) is 0 Å². The number of anilines is 1. The van der Waals surface area contributed by atoms with Crippen LogP contribution in [0.4, 0.5) is 10.1 Å². The molecule has 2 aliphatic heterocycles. The molecule has 4 rings (SSSR count). The van der Waals surface area contributed by atoms with Gasteiger partial charge in [-0.15, -0.1) is 12.4 Å². The summed E-state index contributed by atoms with van der Waals surface area (Å²) in [6.07, 6.45) is 4.23. The average molecular weight is 558 g/mol. The number of carbonyl (C=O) groups excluding carboxylic acids is 1. The van der Waals surface area contributed by atoms with Crippen LogP contribution >= 0.6 is 24.0 Å². The van der Waals surface area contributed by atoms with Crippen LogP contribution in [0, 0.1) is 12.7 Å². The fraction of sp³-hybridized carbons (Fsp3) is 0.400. The van der Waals surface area contributed by atoms with Crippen molar-refractivity contribution in [2.24, 2.45) is 0 Å². The van der Waals surface area contributed by atoms with Gasteiger partial charge in [0.05, 0.1) is 24.0 Å². The Hall–Kier alpha value is -2.17. The number of halogens is 3. The standard InChI is InChI=1S/C25H30ClFN4O3S.ClH/c1-17-10-19(24(11-23(17)26)28-35(3,33)34)6-9-25(32)31-21-13-29(2)14-22(31)16-30(15-21)12-18-4-7-20(27)8-5-18;/h4-11,21-22,28H,12-16H2,1-3H3;1H. The first kappa shape index (κ1) is 28.4. The van der Waals surface area contributed by atoms with Gasteiger partial charge in [0.1, 0.15) is 5.82 Å². The second kappa shape index (κ2) is 11.5. The highest BCUT2D eigenvalue weighted by Crippen LogP contribution is 2.28. The van der Waals surface area contributed by atoms with Crippen LogP contribution in [0.15, 0.2) is 42.5 Å². The maximum Gasteiger partial charge on any atom is 0.247 e. The summed E-state index contributed by atoms with van der Waals surface area (Å²) in [5.74, 6) is -0.354. The summed E-state index contributed by atoms with van der Waals surface area (Å²) in [6.45, 7) is 5.50. The molecule has 0 saturated carbocycles. The van der Waals surface area contributed by atoms with E-state index in [0.717, 1.165) is 43.6 Å². The number of likely N-dealkylation sites (N-methyl/N-ethyl adjacent to an activating group) is 1. The van der Waals surface area contributed by atoms with Crippen molar-refractivity contribution < 1.29 is 17.6 Å². The second-order valence-corrected chi connectivity index (χ2v) is 11.6. The zero-order valence-corrected chi connectivity index (χ0v) is 22.8. The van der Waals surface area contributed by atoms with Gasteiger partial charge < -0.3 is 9.80 Å². The molecule has 196 valence electrons. The fourth-order valence-corrected chi connectivity index (χ4v) is 5.68. The van der Waals surface area contributed by atoms with E-state index < -0.39 is 10.0 Å². The summed E-state index contributed by atoms with van der Waals surface area (Å²) >= 11 is 6.19. The number of aryl methyl sites for hydroxylation is 1. The minimum atomic E-state index is -3.51. The van der Waals surface area contributed by atoms with Crippen LogP contribution in [-0.4, -0.2) is 80.6 Å². The quantitative estimate of drug-likeness (QED) is 0.550. The Morgan fingerprint density at radius 1 is 1.14 bits per heavy atom. The SMILES string of the molecule is Cc1cc(C=CC(=O)N2C3CN(C)CC2CN(Cc2ccc(F)cc2)C3)c(NS(C)(=O)=O)cc1Cl.Cl. The summed E-state index contributed by atoms with van der Waals surface area (Å²) in [5.41, 5.74) is 2.73. The molecule has 11 heteroatoms. The first-order valence-corrected chi connectivity index (χ1v) is 13.7. The van der Waals surface area contributed by atoms with Crippen LogP contribution < -0.4 is 4.72 Å². The van der Waals surface area contributed by atoms with Crippen LogP contribution in [0.1, 0.15) is 16.7 Å². The van der Waals surface area contributed by atoms with Crippen molar-refractivity contribution in [3.8, 4) is 0 Å². The molecule has 2 saturated heterocycles. The van der Waals surface area contributed by atoms with Crippen LogP contribution in [0.25, 0.3) is 6.08 Å². The Labute approximate surface area is 223 Å². The number of sulfonamides is 1. The second-order valence-electron chi connectivity index (χ2n) is 9.49. The Balaban J connectivity index is 0.00000361.